The zero-order chi connectivity index (χ0) is 17.8. The van der Waals surface area contributed by atoms with Crippen LogP contribution in [0.2, 0.25) is 0 Å². The molecule has 2 fully saturated rings. The molecule has 0 spiro atoms. The summed E-state index contributed by atoms with van der Waals surface area (Å²) in [5.74, 6) is 0.735. The van der Waals surface area contributed by atoms with Crippen LogP contribution in [0.15, 0.2) is 24.3 Å². The Kier molecular flexibility index (Phi) is 10.1. The number of nitrogens with zero attached hydrogens (tertiary/aromatic N) is 1. The van der Waals surface area contributed by atoms with Crippen LogP contribution in [-0.4, -0.2) is 49.2 Å². The van der Waals surface area contributed by atoms with Gasteiger partial charge < -0.3 is 15.4 Å². The number of nitrogens with one attached hydrogen (secondary N) is 2. The van der Waals surface area contributed by atoms with Crippen LogP contribution in [0.25, 0.3) is 0 Å². The maximum Gasteiger partial charge on any atom is 0.223 e. The van der Waals surface area contributed by atoms with Crippen LogP contribution in [0.4, 0.5) is 0 Å². The Morgan fingerprint density at radius 1 is 1.15 bits per heavy atom. The molecule has 3 atom stereocenters. The molecule has 1 aromatic rings. The number of ether oxygens (including phenoxy) is 1. The van der Waals surface area contributed by atoms with Gasteiger partial charge in [0.25, 0.3) is 0 Å². The Hall–Kier alpha value is -0.850. The van der Waals surface area contributed by atoms with E-state index in [1.165, 1.54) is 5.56 Å². The van der Waals surface area contributed by atoms with Gasteiger partial charge in [-0.05, 0) is 44.0 Å². The summed E-state index contributed by atoms with van der Waals surface area (Å²) in [4.78, 5) is 14.6. The van der Waals surface area contributed by atoms with Gasteiger partial charge in [-0.1, -0.05) is 31.2 Å². The van der Waals surface area contributed by atoms with E-state index in [4.69, 9.17) is 4.74 Å². The van der Waals surface area contributed by atoms with E-state index in [-0.39, 0.29) is 36.6 Å². The quantitative estimate of drug-likeness (QED) is 0.746. The van der Waals surface area contributed by atoms with Crippen LogP contribution < -0.4 is 10.6 Å². The Morgan fingerprint density at radius 2 is 1.70 bits per heavy atom. The van der Waals surface area contributed by atoms with Crippen LogP contribution in [-0.2, 0) is 22.6 Å². The number of rotatable bonds is 6. The van der Waals surface area contributed by atoms with Crippen molar-refractivity contribution in [1.29, 1.82) is 0 Å². The zero-order valence-corrected chi connectivity index (χ0v) is 18.1. The second kappa shape index (κ2) is 11.2. The molecule has 7 heteroatoms. The van der Waals surface area contributed by atoms with Crippen molar-refractivity contribution in [2.24, 2.45) is 11.8 Å². The lowest BCUT2D eigenvalue weighted by Gasteiger charge is -2.35. The van der Waals surface area contributed by atoms with E-state index in [0.717, 1.165) is 38.3 Å². The molecule has 5 nitrogen and oxygen atoms in total. The Morgan fingerprint density at radius 3 is 2.22 bits per heavy atom. The van der Waals surface area contributed by atoms with Crippen molar-refractivity contribution < 1.29 is 9.53 Å². The first-order valence-corrected chi connectivity index (χ1v) is 9.45. The summed E-state index contributed by atoms with van der Waals surface area (Å²) in [5.41, 5.74) is 2.46. The molecule has 0 aromatic heterocycles. The summed E-state index contributed by atoms with van der Waals surface area (Å²) in [7, 11) is 0. The van der Waals surface area contributed by atoms with E-state index in [9.17, 15) is 4.79 Å². The van der Waals surface area contributed by atoms with E-state index in [1.54, 1.807) is 0 Å². The van der Waals surface area contributed by atoms with E-state index in [2.05, 4.69) is 53.6 Å². The molecule has 2 saturated heterocycles. The first-order chi connectivity index (χ1) is 12.0. The molecule has 0 radical (unpaired) electrons. The van der Waals surface area contributed by atoms with E-state index in [0.29, 0.717) is 24.7 Å². The zero-order valence-electron chi connectivity index (χ0n) is 16.4. The molecule has 2 heterocycles. The predicted octanol–water partition coefficient (Wildman–Crippen LogP) is 2.61. The van der Waals surface area contributed by atoms with Gasteiger partial charge in [0.2, 0.25) is 5.91 Å². The molecule has 0 bridgehead atoms. The van der Waals surface area contributed by atoms with Crippen molar-refractivity contribution in [1.82, 2.24) is 15.5 Å². The SMILES string of the molecule is CC1CN(Cc2ccc(CNC(=O)C(C)C3CNC3)cc2)CC(C)O1.Cl.Cl. The first kappa shape index (κ1) is 24.2. The second-order valence-electron chi connectivity index (χ2n) is 7.69. The van der Waals surface area contributed by atoms with E-state index in [1.807, 2.05) is 6.92 Å². The Bertz CT molecular complexity index is 571. The molecule has 27 heavy (non-hydrogen) atoms. The molecule has 2 aliphatic rings. The summed E-state index contributed by atoms with van der Waals surface area (Å²) in [6.45, 7) is 11.7. The largest absolute Gasteiger partial charge is 0.373 e. The highest BCUT2D eigenvalue weighted by molar-refractivity contribution is 5.85. The number of benzene rings is 1. The van der Waals surface area contributed by atoms with Crippen molar-refractivity contribution in [3.63, 3.8) is 0 Å². The third kappa shape index (κ3) is 6.91. The summed E-state index contributed by atoms with van der Waals surface area (Å²) in [5, 5.41) is 6.29. The smallest absolute Gasteiger partial charge is 0.223 e. The monoisotopic (exact) mass is 417 g/mol. The maximum atomic E-state index is 12.2. The van der Waals surface area contributed by atoms with Gasteiger partial charge in [-0.15, -0.1) is 24.8 Å². The van der Waals surface area contributed by atoms with Gasteiger partial charge in [-0.3, -0.25) is 9.69 Å². The average molecular weight is 418 g/mol. The normalized spacial score (nSPS) is 24.1. The standard InChI is InChI=1S/C20H31N3O2.2ClH/c1-14-11-23(12-15(2)25-14)13-18-6-4-17(5-7-18)8-22-20(24)16(3)19-9-21-10-19;;/h4-7,14-16,19,21H,8-13H2,1-3H3,(H,22,24);2*1H. The molecule has 0 saturated carbocycles. The molecule has 3 rings (SSSR count). The lowest BCUT2D eigenvalue weighted by molar-refractivity contribution is -0.126. The van der Waals surface area contributed by atoms with Gasteiger partial charge in [0, 0.05) is 32.1 Å². The summed E-state index contributed by atoms with van der Waals surface area (Å²) in [6, 6.07) is 8.59. The maximum absolute atomic E-state index is 12.2. The third-order valence-electron chi connectivity index (χ3n) is 5.32. The van der Waals surface area contributed by atoms with Crippen molar-refractivity contribution in [2.75, 3.05) is 26.2 Å². The number of carbonyl (C=O) groups is 1. The molecular weight excluding hydrogens is 385 g/mol. The number of morpholine rings is 1. The average Bonchev–Trinajstić information content (AvgIpc) is 2.51. The summed E-state index contributed by atoms with van der Waals surface area (Å²) < 4.78 is 5.79. The third-order valence-corrected chi connectivity index (χ3v) is 5.32. The summed E-state index contributed by atoms with van der Waals surface area (Å²) in [6.07, 6.45) is 0.595. The van der Waals surface area contributed by atoms with Crippen LogP contribution in [0, 0.1) is 11.8 Å². The Balaban J connectivity index is 0.00000182. The molecule has 3 unspecified atom stereocenters. The van der Waals surface area contributed by atoms with Gasteiger partial charge in [0.1, 0.15) is 0 Å². The first-order valence-electron chi connectivity index (χ1n) is 9.45. The van der Waals surface area contributed by atoms with Crippen molar-refractivity contribution in [3.8, 4) is 0 Å². The highest BCUT2D eigenvalue weighted by Gasteiger charge is 2.28. The van der Waals surface area contributed by atoms with Crippen LogP contribution in [0.1, 0.15) is 31.9 Å². The molecule has 2 N–H and O–H groups in total. The van der Waals surface area contributed by atoms with E-state index >= 15 is 0 Å². The number of halogens is 2. The number of carbonyl (C=O) groups excluding carboxylic acids is 1. The Labute approximate surface area is 175 Å². The van der Waals surface area contributed by atoms with Crippen LogP contribution in [0.5, 0.6) is 0 Å². The number of hydrogen-bond donors (Lipinski definition) is 2. The van der Waals surface area contributed by atoms with Crippen molar-refractivity contribution in [3.05, 3.63) is 35.4 Å². The molecule has 0 aliphatic carbocycles. The fourth-order valence-corrected chi connectivity index (χ4v) is 3.66. The number of amides is 1. The molecular formula is C20H33Cl2N3O2. The highest BCUT2D eigenvalue weighted by Crippen LogP contribution is 2.17. The van der Waals surface area contributed by atoms with Crippen LogP contribution >= 0.6 is 24.8 Å². The minimum absolute atomic E-state index is 0. The van der Waals surface area contributed by atoms with Crippen molar-refractivity contribution in [2.45, 2.75) is 46.1 Å². The summed E-state index contributed by atoms with van der Waals surface area (Å²) >= 11 is 0. The van der Waals surface area contributed by atoms with Gasteiger partial charge >= 0.3 is 0 Å². The minimum atomic E-state index is 0. The van der Waals surface area contributed by atoms with Gasteiger partial charge in [-0.2, -0.15) is 0 Å². The predicted molar refractivity (Wildman–Crippen MR) is 114 cm³/mol. The van der Waals surface area contributed by atoms with Gasteiger partial charge in [0.15, 0.2) is 0 Å². The second-order valence-corrected chi connectivity index (χ2v) is 7.69. The topological polar surface area (TPSA) is 53.6 Å². The van der Waals surface area contributed by atoms with E-state index < -0.39 is 0 Å². The van der Waals surface area contributed by atoms with Gasteiger partial charge in [-0.25, -0.2) is 0 Å². The van der Waals surface area contributed by atoms with Crippen LogP contribution in [0.3, 0.4) is 0 Å². The minimum Gasteiger partial charge on any atom is -0.373 e. The molecule has 154 valence electrons. The van der Waals surface area contributed by atoms with Crippen molar-refractivity contribution >= 4 is 30.7 Å². The highest BCUT2D eigenvalue weighted by atomic mass is 35.5. The fraction of sp³-hybridized carbons (Fsp3) is 0.650. The number of hydrogen-bond acceptors (Lipinski definition) is 4. The lowest BCUT2D eigenvalue weighted by Crippen LogP contribution is -2.49. The molecule has 1 amide bonds. The molecule has 2 aliphatic heterocycles. The fourth-order valence-electron chi connectivity index (χ4n) is 3.66. The molecule has 1 aromatic carbocycles. The lowest BCUT2D eigenvalue weighted by atomic mass is 9.88. The van der Waals surface area contributed by atoms with Gasteiger partial charge in [0.05, 0.1) is 12.2 Å².